The van der Waals surface area contributed by atoms with Gasteiger partial charge in [-0.1, -0.05) is 12.1 Å². The monoisotopic (exact) mass is 258 g/mol. The second-order valence-electron chi connectivity index (χ2n) is 3.74. The van der Waals surface area contributed by atoms with Gasteiger partial charge in [-0.15, -0.1) is 11.8 Å². The molecule has 1 heterocycles. The lowest BCUT2D eigenvalue weighted by atomic mass is 10.1. The van der Waals surface area contributed by atoms with Crippen molar-refractivity contribution in [2.45, 2.75) is 4.90 Å². The lowest BCUT2D eigenvalue weighted by Gasteiger charge is -2.05. The van der Waals surface area contributed by atoms with E-state index in [-0.39, 0.29) is 5.91 Å². The first-order valence-corrected chi connectivity index (χ1v) is 6.79. The number of pyridine rings is 1. The molecule has 0 radical (unpaired) electrons. The fourth-order valence-electron chi connectivity index (χ4n) is 1.66. The largest absolute Gasteiger partial charge is 0.355 e. The van der Waals surface area contributed by atoms with E-state index in [4.69, 9.17) is 0 Å². The normalized spacial score (nSPS) is 10.1. The Morgan fingerprint density at radius 1 is 1.28 bits per heavy atom. The average molecular weight is 258 g/mol. The van der Waals surface area contributed by atoms with Crippen molar-refractivity contribution >= 4 is 17.7 Å². The minimum absolute atomic E-state index is 0.0975. The van der Waals surface area contributed by atoms with Crippen molar-refractivity contribution in [3.05, 3.63) is 48.2 Å². The van der Waals surface area contributed by atoms with Crippen LogP contribution < -0.4 is 5.32 Å². The fourth-order valence-corrected chi connectivity index (χ4v) is 2.12. The highest BCUT2D eigenvalue weighted by Gasteiger charge is 2.06. The average Bonchev–Trinajstić information content (AvgIpc) is 2.46. The zero-order valence-electron chi connectivity index (χ0n) is 10.3. The molecular formula is C14H14N2OS. The second kappa shape index (κ2) is 5.69. The Hall–Kier alpha value is -1.81. The maximum atomic E-state index is 11.6. The highest BCUT2D eigenvalue weighted by atomic mass is 32.2. The van der Waals surface area contributed by atoms with Crippen molar-refractivity contribution < 1.29 is 4.79 Å². The highest BCUT2D eigenvalue weighted by Crippen LogP contribution is 2.23. The van der Waals surface area contributed by atoms with Crippen LogP contribution in [-0.4, -0.2) is 24.2 Å². The number of benzene rings is 1. The van der Waals surface area contributed by atoms with E-state index in [0.717, 1.165) is 11.3 Å². The Morgan fingerprint density at radius 3 is 2.83 bits per heavy atom. The number of nitrogens with zero attached hydrogens (tertiary/aromatic N) is 1. The first kappa shape index (κ1) is 12.6. The summed E-state index contributed by atoms with van der Waals surface area (Å²) in [5, 5.41) is 2.61. The third-order valence-corrected chi connectivity index (χ3v) is 3.34. The molecule has 1 aromatic heterocycles. The molecule has 18 heavy (non-hydrogen) atoms. The van der Waals surface area contributed by atoms with Crippen molar-refractivity contribution in [1.29, 1.82) is 0 Å². The van der Waals surface area contributed by atoms with Gasteiger partial charge in [0.15, 0.2) is 0 Å². The van der Waals surface area contributed by atoms with Gasteiger partial charge in [-0.2, -0.15) is 0 Å². The molecule has 0 saturated heterocycles. The molecule has 1 amide bonds. The van der Waals surface area contributed by atoms with Gasteiger partial charge in [-0.05, 0) is 30.5 Å². The van der Waals surface area contributed by atoms with E-state index in [1.165, 1.54) is 4.90 Å². The predicted octanol–water partition coefficient (Wildman–Crippen LogP) is 2.83. The van der Waals surface area contributed by atoms with Gasteiger partial charge < -0.3 is 5.32 Å². The van der Waals surface area contributed by atoms with Crippen molar-refractivity contribution in [3.8, 4) is 11.3 Å². The summed E-state index contributed by atoms with van der Waals surface area (Å²) < 4.78 is 0. The van der Waals surface area contributed by atoms with Crippen molar-refractivity contribution in [2.24, 2.45) is 0 Å². The molecular weight excluding hydrogens is 244 g/mol. The number of thioether (sulfide) groups is 1. The van der Waals surface area contributed by atoms with E-state index in [9.17, 15) is 4.79 Å². The molecule has 1 aromatic carbocycles. The van der Waals surface area contributed by atoms with Crippen molar-refractivity contribution in [2.75, 3.05) is 13.3 Å². The van der Waals surface area contributed by atoms with Gasteiger partial charge in [0, 0.05) is 29.3 Å². The Labute approximate surface area is 111 Å². The predicted molar refractivity (Wildman–Crippen MR) is 74.8 cm³/mol. The first-order chi connectivity index (χ1) is 8.74. The quantitative estimate of drug-likeness (QED) is 0.861. The molecule has 0 unspecified atom stereocenters. The summed E-state index contributed by atoms with van der Waals surface area (Å²) in [5.41, 5.74) is 2.46. The van der Waals surface area contributed by atoms with Crippen molar-refractivity contribution in [3.63, 3.8) is 0 Å². The van der Waals surface area contributed by atoms with Crippen LogP contribution in [0.25, 0.3) is 11.3 Å². The molecule has 3 nitrogen and oxygen atoms in total. The minimum atomic E-state index is -0.0975. The number of hydrogen-bond donors (Lipinski definition) is 1. The summed E-state index contributed by atoms with van der Waals surface area (Å²) in [4.78, 5) is 17.1. The number of amides is 1. The lowest BCUT2D eigenvalue weighted by molar-refractivity contribution is 0.0963. The Balaban J connectivity index is 2.41. The summed E-state index contributed by atoms with van der Waals surface area (Å²) in [5.74, 6) is -0.0975. The van der Waals surface area contributed by atoms with E-state index in [1.807, 2.05) is 18.4 Å². The molecule has 1 N–H and O–H groups in total. The van der Waals surface area contributed by atoms with E-state index >= 15 is 0 Å². The number of rotatable bonds is 3. The van der Waals surface area contributed by atoms with Crippen LogP contribution in [-0.2, 0) is 0 Å². The lowest BCUT2D eigenvalue weighted by Crippen LogP contribution is -2.17. The maximum Gasteiger partial charge on any atom is 0.251 e. The van der Waals surface area contributed by atoms with Gasteiger partial charge in [-0.3, -0.25) is 9.78 Å². The first-order valence-electron chi connectivity index (χ1n) is 5.57. The van der Waals surface area contributed by atoms with E-state index in [1.54, 1.807) is 37.1 Å². The molecule has 92 valence electrons. The van der Waals surface area contributed by atoms with Crippen LogP contribution in [0.5, 0.6) is 0 Å². The van der Waals surface area contributed by atoms with Crippen LogP contribution in [0.15, 0.2) is 47.5 Å². The Bertz CT molecular complexity index is 569. The molecule has 0 aliphatic rings. The highest BCUT2D eigenvalue weighted by molar-refractivity contribution is 7.98. The van der Waals surface area contributed by atoms with E-state index < -0.39 is 0 Å². The molecule has 0 aliphatic heterocycles. The molecule has 2 rings (SSSR count). The standard InChI is InChI=1S/C14H14N2OS/c1-15-14(17)11-6-7-16-13(9-11)10-4-3-5-12(8-10)18-2/h3-9H,1-2H3,(H,15,17). The molecule has 0 atom stereocenters. The number of carbonyl (C=O) groups excluding carboxylic acids is 1. The third kappa shape index (κ3) is 2.71. The molecule has 0 saturated carbocycles. The van der Waals surface area contributed by atoms with Gasteiger partial charge in [-0.25, -0.2) is 0 Å². The zero-order chi connectivity index (χ0) is 13.0. The topological polar surface area (TPSA) is 42.0 Å². The fraction of sp³-hybridized carbons (Fsp3) is 0.143. The van der Waals surface area contributed by atoms with Crippen molar-refractivity contribution in [1.82, 2.24) is 10.3 Å². The van der Waals surface area contributed by atoms with Gasteiger partial charge in [0.25, 0.3) is 5.91 Å². The Kier molecular flexibility index (Phi) is 3.99. The van der Waals surface area contributed by atoms with Gasteiger partial charge in [0.1, 0.15) is 0 Å². The molecule has 0 spiro atoms. The molecule has 4 heteroatoms. The molecule has 0 aliphatic carbocycles. The maximum absolute atomic E-state index is 11.6. The van der Waals surface area contributed by atoms with Gasteiger partial charge in [0.2, 0.25) is 0 Å². The van der Waals surface area contributed by atoms with Gasteiger partial charge >= 0.3 is 0 Å². The van der Waals surface area contributed by atoms with E-state index in [0.29, 0.717) is 5.56 Å². The SMILES string of the molecule is CNC(=O)c1ccnc(-c2cccc(SC)c2)c1. The third-order valence-electron chi connectivity index (χ3n) is 2.61. The zero-order valence-corrected chi connectivity index (χ0v) is 11.1. The smallest absolute Gasteiger partial charge is 0.251 e. The summed E-state index contributed by atoms with van der Waals surface area (Å²) in [6.45, 7) is 0. The van der Waals surface area contributed by atoms with Crippen LogP contribution in [0.3, 0.4) is 0 Å². The van der Waals surface area contributed by atoms with Crippen LogP contribution in [0, 0.1) is 0 Å². The van der Waals surface area contributed by atoms with Gasteiger partial charge in [0.05, 0.1) is 5.69 Å². The van der Waals surface area contributed by atoms with Crippen LogP contribution in [0.1, 0.15) is 10.4 Å². The molecule has 2 aromatic rings. The summed E-state index contributed by atoms with van der Waals surface area (Å²) in [6, 6.07) is 11.6. The number of aromatic nitrogens is 1. The summed E-state index contributed by atoms with van der Waals surface area (Å²) >= 11 is 1.69. The van der Waals surface area contributed by atoms with Crippen LogP contribution in [0.2, 0.25) is 0 Å². The summed E-state index contributed by atoms with van der Waals surface area (Å²) in [7, 11) is 1.62. The van der Waals surface area contributed by atoms with E-state index in [2.05, 4.69) is 22.4 Å². The minimum Gasteiger partial charge on any atom is -0.355 e. The summed E-state index contributed by atoms with van der Waals surface area (Å²) in [6.07, 6.45) is 3.69. The Morgan fingerprint density at radius 2 is 2.11 bits per heavy atom. The number of nitrogens with one attached hydrogen (secondary N) is 1. The molecule has 0 bridgehead atoms. The second-order valence-corrected chi connectivity index (χ2v) is 4.62. The number of hydrogen-bond acceptors (Lipinski definition) is 3. The van der Waals surface area contributed by atoms with Crippen LogP contribution in [0.4, 0.5) is 0 Å². The molecule has 0 fully saturated rings. The number of carbonyl (C=O) groups is 1. The van der Waals surface area contributed by atoms with Crippen LogP contribution >= 0.6 is 11.8 Å².